The molecule has 1 rings (SSSR count). The van der Waals surface area contributed by atoms with Crippen LogP contribution in [0.2, 0.25) is 0 Å². The van der Waals surface area contributed by atoms with Crippen LogP contribution in [0, 0.1) is 0 Å². The van der Waals surface area contributed by atoms with Crippen LogP contribution in [-0.4, -0.2) is 41.7 Å². The number of hydrogen-bond donors (Lipinski definition) is 0. The van der Waals surface area contributed by atoms with Crippen molar-refractivity contribution in [1.29, 1.82) is 0 Å². The second kappa shape index (κ2) is 27.0. The lowest BCUT2D eigenvalue weighted by molar-refractivity contribution is 0.268. The quantitative estimate of drug-likeness (QED) is 0.0545. The van der Waals surface area contributed by atoms with E-state index in [2.05, 4.69) is 13.8 Å². The van der Waals surface area contributed by atoms with Crippen LogP contribution in [0.5, 0.6) is 11.5 Å². The highest BCUT2D eigenvalue weighted by atomic mass is 31.2. The van der Waals surface area contributed by atoms with E-state index in [0.29, 0.717) is 35.8 Å². The molecule has 0 amide bonds. The molecule has 270 valence electrons. The van der Waals surface area contributed by atoms with E-state index in [9.17, 15) is 9.13 Å². The van der Waals surface area contributed by atoms with E-state index < -0.39 is 15.2 Å². The molecular formula is C36H68O8P2. The lowest BCUT2D eigenvalue weighted by Crippen LogP contribution is -2.07. The number of hydrogen-bond acceptors (Lipinski definition) is 8. The Hall–Kier alpha value is -0.880. The molecule has 0 aromatic heterocycles. The minimum absolute atomic E-state index is 0.0362. The third-order valence-electron chi connectivity index (χ3n) is 8.60. The third-order valence-corrected chi connectivity index (χ3v) is 12.3. The summed E-state index contributed by atoms with van der Waals surface area (Å²) in [5.74, 6) is 1.12. The Bertz CT molecular complexity index is 893. The summed E-state index contributed by atoms with van der Waals surface area (Å²) in [6, 6.07) is 3.67. The molecule has 8 nitrogen and oxygen atoms in total. The molecule has 0 aliphatic rings. The fourth-order valence-corrected chi connectivity index (χ4v) is 7.67. The Balaban J connectivity index is 2.89. The lowest BCUT2D eigenvalue weighted by atomic mass is 10.1. The van der Waals surface area contributed by atoms with Crippen molar-refractivity contribution in [3.8, 4) is 11.5 Å². The van der Waals surface area contributed by atoms with Gasteiger partial charge in [-0.1, -0.05) is 129 Å². The smallest absolute Gasteiger partial charge is 0.334 e. The molecule has 0 fully saturated rings. The van der Waals surface area contributed by atoms with Gasteiger partial charge in [-0.25, -0.2) is 0 Å². The topological polar surface area (TPSA) is 89.5 Å². The van der Waals surface area contributed by atoms with Crippen molar-refractivity contribution in [2.75, 3.05) is 41.7 Å². The minimum Gasteiger partial charge on any atom is -0.493 e. The summed E-state index contributed by atoms with van der Waals surface area (Å²) in [5.41, 5.74) is 1.34. The van der Waals surface area contributed by atoms with Gasteiger partial charge in [0.15, 0.2) is 0 Å². The van der Waals surface area contributed by atoms with Gasteiger partial charge in [-0.15, -0.1) is 0 Å². The van der Waals surface area contributed by atoms with Crippen LogP contribution in [0.15, 0.2) is 12.1 Å². The van der Waals surface area contributed by atoms with E-state index in [1.54, 1.807) is 0 Å². The number of unbranched alkanes of at least 4 members (excludes halogenated alkanes) is 18. The monoisotopic (exact) mass is 690 g/mol. The largest absolute Gasteiger partial charge is 0.493 e. The van der Waals surface area contributed by atoms with Crippen molar-refractivity contribution in [2.45, 2.75) is 155 Å². The van der Waals surface area contributed by atoms with Gasteiger partial charge < -0.3 is 27.6 Å². The van der Waals surface area contributed by atoms with Crippen molar-refractivity contribution >= 4 is 15.2 Å². The molecule has 0 spiro atoms. The number of ether oxygens (including phenoxy) is 2. The molecular weight excluding hydrogens is 622 g/mol. The van der Waals surface area contributed by atoms with Crippen LogP contribution in [0.25, 0.3) is 0 Å². The van der Waals surface area contributed by atoms with Gasteiger partial charge in [0.05, 0.1) is 25.5 Å². The highest BCUT2D eigenvalue weighted by Crippen LogP contribution is 2.54. The van der Waals surface area contributed by atoms with Crippen LogP contribution in [0.4, 0.5) is 0 Å². The third kappa shape index (κ3) is 19.2. The maximum absolute atomic E-state index is 13.2. The predicted molar refractivity (Wildman–Crippen MR) is 192 cm³/mol. The second-order valence-corrected chi connectivity index (χ2v) is 16.9. The average Bonchev–Trinajstić information content (AvgIpc) is 3.07. The highest BCUT2D eigenvalue weighted by molar-refractivity contribution is 7.53. The molecule has 0 saturated heterocycles. The van der Waals surface area contributed by atoms with E-state index in [1.165, 1.54) is 131 Å². The average molecular weight is 691 g/mol. The zero-order valence-electron chi connectivity index (χ0n) is 30.3. The molecule has 0 aliphatic heterocycles. The molecule has 0 heterocycles. The summed E-state index contributed by atoms with van der Waals surface area (Å²) in [6.07, 6.45) is 24.8. The van der Waals surface area contributed by atoms with E-state index in [-0.39, 0.29) is 12.3 Å². The Morgan fingerprint density at radius 1 is 0.435 bits per heavy atom. The van der Waals surface area contributed by atoms with Crippen molar-refractivity contribution < 1.29 is 36.7 Å². The van der Waals surface area contributed by atoms with E-state index in [1.807, 2.05) is 12.1 Å². The SMILES string of the molecule is CCCCCCCCCCCCOc1cc(CP(=O)(OC)OC)c(OCCCCCCCCCCCC)cc1CP(=O)(OC)OC. The first-order chi connectivity index (χ1) is 22.3. The maximum atomic E-state index is 13.2. The normalized spacial score (nSPS) is 12.1. The van der Waals surface area contributed by atoms with Gasteiger partial charge in [-0.05, 0) is 25.0 Å². The van der Waals surface area contributed by atoms with E-state index >= 15 is 0 Å². The van der Waals surface area contributed by atoms with Gasteiger partial charge in [-0.3, -0.25) is 9.13 Å². The number of rotatable bonds is 32. The molecule has 0 radical (unpaired) electrons. The fourth-order valence-electron chi connectivity index (χ4n) is 5.53. The highest BCUT2D eigenvalue weighted by Gasteiger charge is 2.28. The van der Waals surface area contributed by atoms with Crippen molar-refractivity contribution in [1.82, 2.24) is 0 Å². The Morgan fingerprint density at radius 2 is 0.696 bits per heavy atom. The summed E-state index contributed by atoms with van der Waals surface area (Å²) in [4.78, 5) is 0. The minimum atomic E-state index is -3.38. The standard InChI is InChI=1S/C36H68O8P2/c1-7-9-11-13-15-17-19-21-23-25-27-43-35-29-34(32-46(38,41-5)42-6)36(30-33(35)31-45(37,39-3)40-4)44-28-26-24-22-20-18-16-14-12-10-8-2/h29-30H,7-28,31-32H2,1-6H3. The zero-order chi connectivity index (χ0) is 33.9. The summed E-state index contributed by atoms with van der Waals surface area (Å²) in [5, 5.41) is 0. The van der Waals surface area contributed by atoms with Crippen molar-refractivity contribution in [3.05, 3.63) is 23.3 Å². The fraction of sp³-hybridized carbons (Fsp3) is 0.833. The lowest BCUT2D eigenvalue weighted by Gasteiger charge is -2.21. The molecule has 0 aliphatic carbocycles. The molecule has 10 heteroatoms. The van der Waals surface area contributed by atoms with E-state index in [0.717, 1.165) is 25.7 Å². The van der Waals surface area contributed by atoms with Crippen LogP contribution < -0.4 is 9.47 Å². The summed E-state index contributed by atoms with van der Waals surface area (Å²) >= 11 is 0. The summed E-state index contributed by atoms with van der Waals surface area (Å²) < 4.78 is 60.0. The molecule has 1 aromatic carbocycles. The van der Waals surface area contributed by atoms with Crippen molar-refractivity contribution in [3.63, 3.8) is 0 Å². The molecule has 0 N–H and O–H groups in total. The van der Waals surface area contributed by atoms with Gasteiger partial charge in [0, 0.05) is 39.6 Å². The molecule has 0 bridgehead atoms. The molecule has 46 heavy (non-hydrogen) atoms. The first-order valence-corrected chi connectivity index (χ1v) is 21.6. The van der Waals surface area contributed by atoms with Gasteiger partial charge in [0.2, 0.25) is 0 Å². The van der Waals surface area contributed by atoms with Crippen LogP contribution in [0.3, 0.4) is 0 Å². The van der Waals surface area contributed by atoms with Crippen LogP contribution >= 0.6 is 15.2 Å². The molecule has 0 atom stereocenters. The zero-order valence-corrected chi connectivity index (χ0v) is 32.1. The second-order valence-electron chi connectivity index (χ2n) is 12.4. The predicted octanol–water partition coefficient (Wildman–Crippen LogP) is 12.3. The first-order valence-electron chi connectivity index (χ1n) is 18.1. The molecule has 0 unspecified atom stereocenters. The maximum Gasteiger partial charge on any atom is 0.334 e. The van der Waals surface area contributed by atoms with Gasteiger partial charge in [0.1, 0.15) is 11.5 Å². The summed E-state index contributed by atoms with van der Waals surface area (Å²) in [7, 11) is -1.21. The molecule has 0 saturated carbocycles. The van der Waals surface area contributed by atoms with Gasteiger partial charge >= 0.3 is 15.2 Å². The first kappa shape index (κ1) is 43.1. The Morgan fingerprint density at radius 3 is 0.957 bits per heavy atom. The number of benzene rings is 1. The Labute approximate surface area is 282 Å². The van der Waals surface area contributed by atoms with Gasteiger partial charge in [-0.2, -0.15) is 0 Å². The van der Waals surface area contributed by atoms with Crippen LogP contribution in [0.1, 0.15) is 153 Å². The summed E-state index contributed by atoms with van der Waals surface area (Å²) in [6.45, 7) is 5.55. The van der Waals surface area contributed by atoms with E-state index in [4.69, 9.17) is 27.6 Å². The van der Waals surface area contributed by atoms with Crippen molar-refractivity contribution in [2.24, 2.45) is 0 Å². The van der Waals surface area contributed by atoms with Crippen LogP contribution in [-0.2, 0) is 39.5 Å². The van der Waals surface area contributed by atoms with Gasteiger partial charge in [0.25, 0.3) is 0 Å². The molecule has 1 aromatic rings. The Kier molecular flexibility index (Phi) is 25.3.